The second kappa shape index (κ2) is 14.7. The fourth-order valence-corrected chi connectivity index (χ4v) is 5.11. The Kier molecular flexibility index (Phi) is 11.4. The first-order valence-electron chi connectivity index (χ1n) is 12.3. The third-order valence-electron chi connectivity index (χ3n) is 5.93. The normalized spacial score (nSPS) is 11.7. The summed E-state index contributed by atoms with van der Waals surface area (Å²) in [5, 5.41) is 3.23. The molecule has 0 spiro atoms. The van der Waals surface area contributed by atoms with Crippen molar-refractivity contribution in [3.8, 4) is 0 Å². The molecule has 0 saturated carbocycles. The first-order chi connectivity index (χ1) is 17.9. The Morgan fingerprint density at radius 1 is 0.973 bits per heavy atom. The lowest BCUT2D eigenvalue weighted by Crippen LogP contribution is -2.51. The molecule has 3 aromatic carbocycles. The van der Waals surface area contributed by atoms with Gasteiger partial charge in [-0.3, -0.25) is 9.59 Å². The largest absolute Gasteiger partial charge is 0.354 e. The number of halogens is 3. The molecule has 8 heteroatoms. The van der Waals surface area contributed by atoms with E-state index < -0.39 is 17.7 Å². The van der Waals surface area contributed by atoms with Gasteiger partial charge in [0.15, 0.2) is 0 Å². The molecule has 0 aliphatic rings. The molecule has 0 aliphatic heterocycles. The van der Waals surface area contributed by atoms with Gasteiger partial charge in [-0.2, -0.15) is 0 Å². The van der Waals surface area contributed by atoms with Crippen molar-refractivity contribution in [1.82, 2.24) is 10.2 Å². The van der Waals surface area contributed by atoms with Gasteiger partial charge in [0.25, 0.3) is 0 Å². The third-order valence-corrected chi connectivity index (χ3v) is 7.23. The maximum absolute atomic E-state index is 14.6. The second-order valence-electron chi connectivity index (χ2n) is 8.66. The van der Waals surface area contributed by atoms with Crippen LogP contribution >= 0.6 is 23.4 Å². The van der Waals surface area contributed by atoms with Crippen molar-refractivity contribution in [2.75, 3.05) is 12.3 Å². The number of unbranched alkanes of at least 4 members (excludes halogenated alkanes) is 1. The van der Waals surface area contributed by atoms with Crippen LogP contribution in [0.15, 0.2) is 72.8 Å². The first kappa shape index (κ1) is 28.7. The Balaban J connectivity index is 1.86. The van der Waals surface area contributed by atoms with E-state index in [0.717, 1.165) is 18.4 Å². The molecule has 2 amide bonds. The highest BCUT2D eigenvalue weighted by Crippen LogP contribution is 2.25. The number of amides is 2. The number of nitrogens with one attached hydrogen (secondary N) is 1. The van der Waals surface area contributed by atoms with Crippen LogP contribution in [-0.4, -0.2) is 35.1 Å². The summed E-state index contributed by atoms with van der Waals surface area (Å²) < 4.78 is 28.8. The van der Waals surface area contributed by atoms with E-state index in [-0.39, 0.29) is 36.3 Å². The quantitative estimate of drug-likeness (QED) is 0.253. The molecule has 0 aromatic heterocycles. The Hall–Kier alpha value is -2.90. The van der Waals surface area contributed by atoms with Crippen LogP contribution in [0.4, 0.5) is 8.78 Å². The van der Waals surface area contributed by atoms with Crippen LogP contribution in [0, 0.1) is 11.6 Å². The maximum atomic E-state index is 14.6. The zero-order valence-corrected chi connectivity index (χ0v) is 22.3. The Bertz CT molecular complexity index is 1160. The highest BCUT2D eigenvalue weighted by atomic mass is 35.5. The molecule has 0 heterocycles. The summed E-state index contributed by atoms with van der Waals surface area (Å²) in [4.78, 5) is 28.3. The van der Waals surface area contributed by atoms with Gasteiger partial charge in [0.1, 0.15) is 17.7 Å². The maximum Gasteiger partial charge on any atom is 0.243 e. The predicted octanol–water partition coefficient (Wildman–Crippen LogP) is 6.41. The van der Waals surface area contributed by atoms with Gasteiger partial charge in [-0.25, -0.2) is 8.78 Å². The van der Waals surface area contributed by atoms with Gasteiger partial charge >= 0.3 is 0 Å². The number of benzene rings is 3. The van der Waals surface area contributed by atoms with Crippen LogP contribution in [0.5, 0.6) is 0 Å². The minimum atomic E-state index is -0.844. The van der Waals surface area contributed by atoms with Gasteiger partial charge in [-0.1, -0.05) is 79.5 Å². The van der Waals surface area contributed by atoms with Crippen LogP contribution in [0.25, 0.3) is 0 Å². The van der Waals surface area contributed by atoms with Gasteiger partial charge in [0.05, 0.1) is 5.75 Å². The average molecular weight is 545 g/mol. The molecule has 1 unspecified atom stereocenters. The molecule has 37 heavy (non-hydrogen) atoms. The molecule has 0 radical (unpaired) electrons. The molecule has 0 fully saturated rings. The molecule has 0 saturated heterocycles. The number of nitrogens with zero attached hydrogens (tertiary/aromatic N) is 1. The minimum absolute atomic E-state index is 0.0212. The highest BCUT2D eigenvalue weighted by Gasteiger charge is 2.30. The molecule has 3 rings (SSSR count). The number of carbonyl (C=O) groups is 2. The summed E-state index contributed by atoms with van der Waals surface area (Å²) in [6, 6.07) is 19.2. The number of thioether (sulfide) groups is 1. The summed E-state index contributed by atoms with van der Waals surface area (Å²) in [7, 11) is 0. The number of rotatable bonds is 13. The Morgan fingerprint density at radius 3 is 2.38 bits per heavy atom. The number of carbonyl (C=O) groups excluding carboxylic acids is 2. The number of hydrogen-bond donors (Lipinski definition) is 1. The molecule has 0 aliphatic carbocycles. The van der Waals surface area contributed by atoms with Crippen molar-refractivity contribution < 1.29 is 18.4 Å². The van der Waals surface area contributed by atoms with E-state index in [1.807, 2.05) is 37.3 Å². The molecule has 196 valence electrons. The smallest absolute Gasteiger partial charge is 0.243 e. The molecular weight excluding hydrogens is 514 g/mol. The van der Waals surface area contributed by atoms with Gasteiger partial charge < -0.3 is 10.2 Å². The van der Waals surface area contributed by atoms with E-state index in [1.165, 1.54) is 34.9 Å². The zero-order chi connectivity index (χ0) is 26.6. The third kappa shape index (κ3) is 8.58. The summed E-state index contributed by atoms with van der Waals surface area (Å²) in [5.41, 5.74) is 1.52. The molecule has 1 N–H and O–H groups in total. The van der Waals surface area contributed by atoms with Gasteiger partial charge in [0, 0.05) is 41.4 Å². The summed E-state index contributed by atoms with van der Waals surface area (Å²) in [5.74, 6) is -1.34. The topological polar surface area (TPSA) is 49.4 Å². The lowest BCUT2D eigenvalue weighted by Gasteiger charge is -2.31. The SMILES string of the molecule is CCCCNC(=O)C(Cc1ccccc1)N(Cc1ccccc1F)C(=O)CSCc1c(F)cccc1Cl. The molecule has 4 nitrogen and oxygen atoms in total. The number of hydrogen-bond acceptors (Lipinski definition) is 3. The average Bonchev–Trinajstić information content (AvgIpc) is 2.89. The Labute approximate surface area is 226 Å². The summed E-state index contributed by atoms with van der Waals surface area (Å²) in [6.45, 7) is 2.45. The monoisotopic (exact) mass is 544 g/mol. The van der Waals surface area contributed by atoms with Crippen LogP contribution in [0.3, 0.4) is 0 Å². The fraction of sp³-hybridized carbons (Fsp3) is 0.310. The van der Waals surface area contributed by atoms with Crippen molar-refractivity contribution >= 4 is 35.2 Å². The summed E-state index contributed by atoms with van der Waals surface area (Å²) >= 11 is 7.33. The van der Waals surface area contributed by atoms with Crippen molar-refractivity contribution in [3.05, 3.63) is 106 Å². The van der Waals surface area contributed by atoms with Gasteiger partial charge in [-0.05, 0) is 30.2 Å². The van der Waals surface area contributed by atoms with E-state index in [9.17, 15) is 18.4 Å². The van der Waals surface area contributed by atoms with Crippen LogP contribution in [0.2, 0.25) is 5.02 Å². The van der Waals surface area contributed by atoms with Crippen LogP contribution in [0.1, 0.15) is 36.5 Å². The van der Waals surface area contributed by atoms with Crippen molar-refractivity contribution in [3.63, 3.8) is 0 Å². The fourth-order valence-electron chi connectivity index (χ4n) is 3.86. The molecule has 1 atom stereocenters. The van der Waals surface area contributed by atoms with E-state index in [0.29, 0.717) is 22.7 Å². The zero-order valence-electron chi connectivity index (χ0n) is 20.8. The van der Waals surface area contributed by atoms with Crippen LogP contribution < -0.4 is 5.32 Å². The van der Waals surface area contributed by atoms with Crippen molar-refractivity contribution in [2.24, 2.45) is 0 Å². The van der Waals surface area contributed by atoms with E-state index in [4.69, 9.17) is 11.6 Å². The lowest BCUT2D eigenvalue weighted by molar-refractivity contribution is -0.139. The Morgan fingerprint density at radius 2 is 1.68 bits per heavy atom. The van der Waals surface area contributed by atoms with Gasteiger partial charge in [-0.15, -0.1) is 11.8 Å². The lowest BCUT2D eigenvalue weighted by atomic mass is 10.0. The molecule has 0 bridgehead atoms. The van der Waals surface area contributed by atoms with E-state index in [2.05, 4.69) is 5.32 Å². The van der Waals surface area contributed by atoms with Crippen molar-refractivity contribution in [1.29, 1.82) is 0 Å². The summed E-state index contributed by atoms with van der Waals surface area (Å²) in [6.07, 6.45) is 2.00. The van der Waals surface area contributed by atoms with E-state index >= 15 is 0 Å². The highest BCUT2D eigenvalue weighted by molar-refractivity contribution is 7.99. The first-order valence-corrected chi connectivity index (χ1v) is 13.8. The predicted molar refractivity (Wildman–Crippen MR) is 146 cm³/mol. The van der Waals surface area contributed by atoms with E-state index in [1.54, 1.807) is 24.3 Å². The second-order valence-corrected chi connectivity index (χ2v) is 10.0. The van der Waals surface area contributed by atoms with Crippen molar-refractivity contribution in [2.45, 2.75) is 44.5 Å². The van der Waals surface area contributed by atoms with Gasteiger partial charge in [0.2, 0.25) is 11.8 Å². The minimum Gasteiger partial charge on any atom is -0.354 e. The standard InChI is InChI=1S/C29H31ClF2N2O2S/c1-2-3-16-33-29(36)27(17-21-10-5-4-6-11-21)34(18-22-12-7-8-14-25(22)31)28(35)20-37-19-23-24(30)13-9-15-26(23)32/h4-15,27H,2-3,16-20H2,1H3,(H,33,36). The molecule has 3 aromatic rings. The molecular formula is C29H31ClF2N2O2S. The van der Waals surface area contributed by atoms with Crippen LogP contribution in [-0.2, 0) is 28.3 Å².